The summed E-state index contributed by atoms with van der Waals surface area (Å²) in [5, 5.41) is 7.67. The molecule has 3 aromatic rings. The lowest BCUT2D eigenvalue weighted by atomic mass is 9.97. The minimum absolute atomic E-state index is 0.0214. The van der Waals surface area contributed by atoms with Crippen molar-refractivity contribution in [3.63, 3.8) is 0 Å². The third-order valence-electron chi connectivity index (χ3n) is 4.94. The summed E-state index contributed by atoms with van der Waals surface area (Å²) >= 11 is 5.90. The number of anilines is 2. The number of carbonyl (C=O) groups is 1. The summed E-state index contributed by atoms with van der Waals surface area (Å²) < 4.78 is 10.6. The number of nitrogens with zero attached hydrogens (tertiary/aromatic N) is 3. The van der Waals surface area contributed by atoms with E-state index in [1.165, 1.54) is 0 Å². The predicted octanol–water partition coefficient (Wildman–Crippen LogP) is 4.25. The molecule has 1 amide bonds. The molecule has 2 heterocycles. The number of aromatic nitrogens is 2. The maximum Gasteiger partial charge on any atom is 0.324 e. The molecule has 0 bridgehead atoms. The number of benzene rings is 2. The third-order valence-corrected chi connectivity index (χ3v) is 5.19. The lowest BCUT2D eigenvalue weighted by Crippen LogP contribution is -2.41. The minimum Gasteiger partial charge on any atom is -0.497 e. The first-order valence-corrected chi connectivity index (χ1v) is 9.79. The van der Waals surface area contributed by atoms with Crippen molar-refractivity contribution in [3.8, 4) is 17.1 Å². The molecule has 8 heteroatoms. The summed E-state index contributed by atoms with van der Waals surface area (Å²) in [5.74, 6) is 1.10. The van der Waals surface area contributed by atoms with E-state index in [0.717, 1.165) is 36.4 Å². The van der Waals surface area contributed by atoms with Gasteiger partial charge in [-0.1, -0.05) is 16.8 Å². The average molecular weight is 413 g/mol. The second-order valence-corrected chi connectivity index (χ2v) is 7.35. The number of hydrogen-bond donors (Lipinski definition) is 1. The highest BCUT2D eigenvalue weighted by molar-refractivity contribution is 6.30. The number of carbonyl (C=O) groups excluding carboxylic acids is 1. The fourth-order valence-electron chi connectivity index (χ4n) is 3.34. The Labute approximate surface area is 173 Å². The number of nitrogens with one attached hydrogen (secondary N) is 1. The maximum absolute atomic E-state index is 12.7. The number of methoxy groups -OCH3 is 1. The Kier molecular flexibility index (Phi) is 5.67. The zero-order chi connectivity index (χ0) is 20.2. The van der Waals surface area contributed by atoms with Gasteiger partial charge in [0.1, 0.15) is 5.75 Å². The van der Waals surface area contributed by atoms with Crippen LogP contribution in [0.5, 0.6) is 5.75 Å². The highest BCUT2D eigenvalue weighted by atomic mass is 35.5. The third kappa shape index (κ3) is 4.51. The van der Waals surface area contributed by atoms with Crippen LogP contribution in [-0.2, 0) is 4.79 Å². The summed E-state index contributed by atoms with van der Waals surface area (Å²) in [6.45, 7) is 1.30. The highest BCUT2D eigenvalue weighted by Gasteiger charge is 2.28. The number of amides is 1. The molecule has 2 aromatic carbocycles. The first-order valence-electron chi connectivity index (χ1n) is 9.42. The summed E-state index contributed by atoms with van der Waals surface area (Å²) in [5.41, 5.74) is 1.57. The Morgan fingerprint density at radius 1 is 1.21 bits per heavy atom. The zero-order valence-corrected chi connectivity index (χ0v) is 16.7. The predicted molar refractivity (Wildman–Crippen MR) is 111 cm³/mol. The van der Waals surface area contributed by atoms with Crippen LogP contribution in [0.3, 0.4) is 0 Å². The number of hydrogen-bond acceptors (Lipinski definition) is 6. The van der Waals surface area contributed by atoms with Gasteiger partial charge in [0, 0.05) is 29.4 Å². The van der Waals surface area contributed by atoms with Gasteiger partial charge in [-0.2, -0.15) is 4.98 Å². The van der Waals surface area contributed by atoms with Crippen molar-refractivity contribution in [2.24, 2.45) is 5.92 Å². The first-order chi connectivity index (χ1) is 14.1. The van der Waals surface area contributed by atoms with Gasteiger partial charge in [-0.3, -0.25) is 4.79 Å². The van der Waals surface area contributed by atoms with E-state index in [0.29, 0.717) is 23.4 Å². The molecule has 0 radical (unpaired) electrons. The molecule has 1 N–H and O–H groups in total. The van der Waals surface area contributed by atoms with Crippen LogP contribution in [0.4, 0.5) is 11.7 Å². The summed E-state index contributed by atoms with van der Waals surface area (Å²) in [7, 11) is 1.62. The molecule has 7 nitrogen and oxygen atoms in total. The Hall–Kier alpha value is -3.06. The fraction of sp³-hybridized carbons (Fsp3) is 0.286. The van der Waals surface area contributed by atoms with E-state index in [-0.39, 0.29) is 11.8 Å². The Balaban J connectivity index is 1.42. The number of piperidine rings is 1. The van der Waals surface area contributed by atoms with Crippen LogP contribution in [0.15, 0.2) is 53.1 Å². The second-order valence-electron chi connectivity index (χ2n) is 6.91. The van der Waals surface area contributed by atoms with Crippen LogP contribution in [0.25, 0.3) is 11.4 Å². The van der Waals surface area contributed by atoms with E-state index in [4.69, 9.17) is 20.9 Å². The lowest BCUT2D eigenvalue weighted by Gasteiger charge is -2.30. The van der Waals surface area contributed by atoms with Gasteiger partial charge in [0.25, 0.3) is 0 Å². The molecule has 1 fully saturated rings. The standard InChI is InChI=1S/C21H21ClN4O3/c1-28-18-10-4-14(5-11-18)19-24-21(29-25-19)26-12-2-3-15(13-26)20(27)23-17-8-6-16(22)7-9-17/h4-11,15H,2-3,12-13H2,1H3,(H,23,27). The molecule has 1 unspecified atom stereocenters. The molecular weight excluding hydrogens is 392 g/mol. The Morgan fingerprint density at radius 2 is 1.97 bits per heavy atom. The molecule has 4 rings (SSSR count). The van der Waals surface area contributed by atoms with Crippen molar-refractivity contribution in [1.82, 2.24) is 10.1 Å². The summed E-state index contributed by atoms with van der Waals surface area (Å²) in [6.07, 6.45) is 1.69. The number of rotatable bonds is 5. The molecule has 0 aliphatic carbocycles. The molecule has 1 aliphatic heterocycles. The molecule has 1 saturated heterocycles. The maximum atomic E-state index is 12.7. The van der Waals surface area contributed by atoms with Crippen molar-refractivity contribution >= 4 is 29.2 Å². The monoisotopic (exact) mass is 412 g/mol. The average Bonchev–Trinajstić information content (AvgIpc) is 3.26. The van der Waals surface area contributed by atoms with Gasteiger partial charge in [-0.15, -0.1) is 0 Å². The van der Waals surface area contributed by atoms with E-state index < -0.39 is 0 Å². The van der Waals surface area contributed by atoms with Crippen LogP contribution in [0, 0.1) is 5.92 Å². The molecule has 29 heavy (non-hydrogen) atoms. The zero-order valence-electron chi connectivity index (χ0n) is 16.0. The van der Waals surface area contributed by atoms with Crippen molar-refractivity contribution in [2.75, 3.05) is 30.4 Å². The highest BCUT2D eigenvalue weighted by Crippen LogP contribution is 2.26. The van der Waals surface area contributed by atoms with Gasteiger partial charge in [0.15, 0.2) is 0 Å². The van der Waals surface area contributed by atoms with E-state index in [2.05, 4.69) is 15.5 Å². The molecule has 1 aromatic heterocycles. The molecule has 1 atom stereocenters. The van der Waals surface area contributed by atoms with Gasteiger partial charge in [0.2, 0.25) is 11.7 Å². The largest absolute Gasteiger partial charge is 0.497 e. The molecule has 0 spiro atoms. The van der Waals surface area contributed by atoms with Gasteiger partial charge < -0.3 is 19.5 Å². The van der Waals surface area contributed by atoms with E-state index in [9.17, 15) is 4.79 Å². The molecule has 0 saturated carbocycles. The van der Waals surface area contributed by atoms with Crippen molar-refractivity contribution in [2.45, 2.75) is 12.8 Å². The minimum atomic E-state index is -0.157. The van der Waals surface area contributed by atoms with E-state index >= 15 is 0 Å². The molecular formula is C21H21ClN4O3. The summed E-state index contributed by atoms with van der Waals surface area (Å²) in [4.78, 5) is 19.1. The first kappa shape index (κ1) is 19.3. The second kappa shape index (κ2) is 8.53. The SMILES string of the molecule is COc1ccc(-c2noc(N3CCCC(C(=O)Nc4ccc(Cl)cc4)C3)n2)cc1. The fourth-order valence-corrected chi connectivity index (χ4v) is 3.47. The Bertz CT molecular complexity index is 972. The van der Waals surface area contributed by atoms with Gasteiger partial charge in [-0.25, -0.2) is 0 Å². The summed E-state index contributed by atoms with van der Waals surface area (Å²) in [6, 6.07) is 15.0. The van der Waals surface area contributed by atoms with Gasteiger partial charge in [-0.05, 0) is 61.4 Å². The van der Waals surface area contributed by atoms with E-state index in [1.807, 2.05) is 29.2 Å². The van der Waals surface area contributed by atoms with Crippen LogP contribution < -0.4 is 15.0 Å². The van der Waals surface area contributed by atoms with Crippen molar-refractivity contribution in [3.05, 3.63) is 53.6 Å². The topological polar surface area (TPSA) is 80.5 Å². The molecule has 1 aliphatic rings. The normalized spacial score (nSPS) is 16.5. The van der Waals surface area contributed by atoms with Crippen LogP contribution in [0.1, 0.15) is 12.8 Å². The van der Waals surface area contributed by atoms with Crippen LogP contribution >= 0.6 is 11.6 Å². The number of ether oxygens (including phenoxy) is 1. The quantitative estimate of drug-likeness (QED) is 0.674. The van der Waals surface area contributed by atoms with Crippen molar-refractivity contribution in [1.29, 1.82) is 0 Å². The van der Waals surface area contributed by atoms with E-state index in [1.54, 1.807) is 31.4 Å². The lowest BCUT2D eigenvalue weighted by molar-refractivity contribution is -0.120. The van der Waals surface area contributed by atoms with Crippen LogP contribution in [0.2, 0.25) is 5.02 Å². The van der Waals surface area contributed by atoms with Gasteiger partial charge in [0.05, 0.1) is 13.0 Å². The smallest absolute Gasteiger partial charge is 0.324 e. The molecule has 150 valence electrons. The van der Waals surface area contributed by atoms with Crippen LogP contribution in [-0.4, -0.2) is 36.2 Å². The van der Waals surface area contributed by atoms with Crippen molar-refractivity contribution < 1.29 is 14.1 Å². The Morgan fingerprint density at radius 3 is 2.69 bits per heavy atom. The number of halogens is 1. The van der Waals surface area contributed by atoms with Gasteiger partial charge >= 0.3 is 6.01 Å².